The maximum absolute atomic E-state index is 11.2. The third kappa shape index (κ3) is 3.01. The highest BCUT2D eigenvalue weighted by molar-refractivity contribution is 5.70. The number of rotatable bonds is 5. The quantitative estimate of drug-likeness (QED) is 0.684. The van der Waals surface area contributed by atoms with Crippen molar-refractivity contribution in [1.29, 1.82) is 0 Å². The first-order valence-electron chi connectivity index (χ1n) is 4.81. The molecule has 1 rings (SSSR count). The molecule has 0 saturated heterocycles. The molecule has 0 spiro atoms. The normalized spacial score (nSPS) is 10.8. The molecule has 0 aliphatic carbocycles. The monoisotopic (exact) mass is 214 g/mol. The van der Waals surface area contributed by atoms with Crippen molar-refractivity contribution in [3.63, 3.8) is 0 Å². The number of aromatic hydroxyl groups is 2. The maximum atomic E-state index is 11.2. The molecule has 6 heteroatoms. The van der Waals surface area contributed by atoms with E-state index < -0.39 is 24.0 Å². The van der Waals surface area contributed by atoms with Crippen LogP contribution < -0.4 is 4.84 Å². The Kier molecular flexibility index (Phi) is 3.22. The summed E-state index contributed by atoms with van der Waals surface area (Å²) in [5, 5.41) is 18.3. The van der Waals surface area contributed by atoms with E-state index in [0.29, 0.717) is 4.73 Å². The molecule has 82 valence electrons. The molecule has 15 heavy (non-hydrogen) atoms. The van der Waals surface area contributed by atoms with Gasteiger partial charge in [-0.25, -0.2) is 4.79 Å². The van der Waals surface area contributed by atoms with Crippen molar-refractivity contribution in [2.75, 3.05) is 0 Å². The lowest BCUT2D eigenvalue weighted by molar-refractivity contribution is -0.145. The van der Waals surface area contributed by atoms with Gasteiger partial charge in [0.25, 0.3) is 0 Å². The fraction of sp³-hybridized carbons (Fsp3) is 0.333. The Labute approximate surface area is 87.1 Å². The SMILES string of the molecule is [2H]C(=O)CCCC(=O)On1c(O)ccc1O. The number of aromatic nitrogens is 1. The summed E-state index contributed by atoms with van der Waals surface area (Å²) in [6, 6.07) is 2.33. The van der Waals surface area contributed by atoms with Crippen LogP contribution in [0, 0.1) is 0 Å². The fourth-order valence-corrected chi connectivity index (χ4v) is 0.948. The molecule has 2 N–H and O–H groups in total. The van der Waals surface area contributed by atoms with Gasteiger partial charge < -0.3 is 19.8 Å². The van der Waals surface area contributed by atoms with Gasteiger partial charge in [0, 0.05) is 25.0 Å². The minimum Gasteiger partial charge on any atom is -0.492 e. The molecule has 1 aromatic heterocycles. The van der Waals surface area contributed by atoms with E-state index in [-0.39, 0.29) is 19.3 Å². The minimum atomic E-state index is -0.751. The van der Waals surface area contributed by atoms with Gasteiger partial charge in [0.15, 0.2) is 0 Å². The van der Waals surface area contributed by atoms with Crippen LogP contribution in [0.25, 0.3) is 0 Å². The van der Waals surface area contributed by atoms with Crippen LogP contribution in [0.3, 0.4) is 0 Å². The lowest BCUT2D eigenvalue weighted by Crippen LogP contribution is -2.18. The van der Waals surface area contributed by atoms with Crippen LogP contribution in [0.5, 0.6) is 11.8 Å². The van der Waals surface area contributed by atoms with E-state index in [2.05, 4.69) is 4.84 Å². The first-order valence-corrected chi connectivity index (χ1v) is 4.31. The van der Waals surface area contributed by atoms with Gasteiger partial charge >= 0.3 is 5.97 Å². The zero-order valence-corrected chi connectivity index (χ0v) is 7.84. The number of nitrogens with zero attached hydrogens (tertiary/aromatic N) is 1. The van der Waals surface area contributed by atoms with Gasteiger partial charge in [-0.15, -0.1) is 4.73 Å². The van der Waals surface area contributed by atoms with Crippen LogP contribution in [0.2, 0.25) is 0 Å². The average Bonchev–Trinajstić information content (AvgIpc) is 2.49. The topological polar surface area (TPSA) is 88.8 Å². The van der Waals surface area contributed by atoms with Crippen molar-refractivity contribution in [2.45, 2.75) is 19.3 Å². The fourth-order valence-electron chi connectivity index (χ4n) is 0.948. The first kappa shape index (κ1) is 9.57. The van der Waals surface area contributed by atoms with Gasteiger partial charge in [-0.05, 0) is 6.42 Å². The predicted octanol–water partition coefficient (Wildman–Crippen LogP) is 0.224. The molecule has 0 aromatic carbocycles. The van der Waals surface area contributed by atoms with Crippen molar-refractivity contribution in [2.24, 2.45) is 0 Å². The molecule has 0 unspecified atom stereocenters. The highest BCUT2D eigenvalue weighted by atomic mass is 16.7. The minimum absolute atomic E-state index is 0.0290. The van der Waals surface area contributed by atoms with Crippen LogP contribution in [-0.4, -0.2) is 27.2 Å². The van der Waals surface area contributed by atoms with Crippen LogP contribution in [0.4, 0.5) is 0 Å². The van der Waals surface area contributed by atoms with Crippen molar-refractivity contribution in [3.05, 3.63) is 12.1 Å². The molecule has 1 heterocycles. The summed E-state index contributed by atoms with van der Waals surface area (Å²) < 4.78 is 7.18. The summed E-state index contributed by atoms with van der Waals surface area (Å²) in [5.41, 5.74) is 0. The van der Waals surface area contributed by atoms with Crippen molar-refractivity contribution in [1.82, 2.24) is 4.73 Å². The molecule has 0 bridgehead atoms. The Morgan fingerprint density at radius 1 is 1.53 bits per heavy atom. The van der Waals surface area contributed by atoms with Crippen molar-refractivity contribution in [3.8, 4) is 11.8 Å². The highest BCUT2D eigenvalue weighted by Gasteiger charge is 2.11. The van der Waals surface area contributed by atoms with Crippen LogP contribution in [0.1, 0.15) is 20.6 Å². The van der Waals surface area contributed by atoms with Crippen LogP contribution >= 0.6 is 0 Å². The van der Waals surface area contributed by atoms with E-state index in [9.17, 15) is 9.59 Å². The number of aldehydes is 1. The zero-order valence-electron chi connectivity index (χ0n) is 8.84. The standard InChI is InChI=1S/C9H11NO5/c11-6-2-1-3-9(14)15-10-7(12)4-5-8(10)13/h4-6,12-13H,1-3H2/i6D. The highest BCUT2D eigenvalue weighted by Crippen LogP contribution is 2.18. The van der Waals surface area contributed by atoms with E-state index in [1.54, 1.807) is 0 Å². The summed E-state index contributed by atoms with van der Waals surface area (Å²) in [7, 11) is 0. The van der Waals surface area contributed by atoms with E-state index >= 15 is 0 Å². The lowest BCUT2D eigenvalue weighted by atomic mass is 10.2. The third-order valence-electron chi connectivity index (χ3n) is 1.65. The van der Waals surface area contributed by atoms with Gasteiger partial charge in [0.05, 0.1) is 0 Å². The predicted molar refractivity (Wildman–Crippen MR) is 49.3 cm³/mol. The Balaban J connectivity index is 2.43. The van der Waals surface area contributed by atoms with Gasteiger partial charge in [-0.2, -0.15) is 0 Å². The molecular formula is C9H11NO5. The Hall–Kier alpha value is -1.98. The molecule has 0 atom stereocenters. The maximum Gasteiger partial charge on any atom is 0.333 e. The Bertz CT molecular complexity index is 381. The summed E-state index contributed by atoms with van der Waals surface area (Å²) in [6.45, 7) is 0. The smallest absolute Gasteiger partial charge is 0.333 e. The average molecular weight is 214 g/mol. The number of carbonyl (C=O) groups is 2. The molecule has 1 aromatic rings. The Morgan fingerprint density at radius 2 is 2.13 bits per heavy atom. The van der Waals surface area contributed by atoms with E-state index in [1.165, 1.54) is 0 Å². The second-order valence-electron chi connectivity index (χ2n) is 2.81. The van der Waals surface area contributed by atoms with Gasteiger partial charge in [-0.3, -0.25) is 0 Å². The molecule has 0 aliphatic rings. The van der Waals surface area contributed by atoms with Crippen LogP contribution in [-0.2, 0) is 9.59 Å². The van der Waals surface area contributed by atoms with E-state index in [0.717, 1.165) is 12.1 Å². The molecule has 0 amide bonds. The number of carbonyl (C=O) groups excluding carboxylic acids is 2. The van der Waals surface area contributed by atoms with Crippen molar-refractivity contribution < 1.29 is 26.0 Å². The van der Waals surface area contributed by atoms with E-state index in [1.807, 2.05) is 0 Å². The summed E-state index contributed by atoms with van der Waals surface area (Å²) in [5.74, 6) is -1.51. The largest absolute Gasteiger partial charge is 0.492 e. The molecule has 0 radical (unpaired) electrons. The van der Waals surface area contributed by atoms with Gasteiger partial charge in [0.1, 0.15) is 7.63 Å². The van der Waals surface area contributed by atoms with Gasteiger partial charge in [-0.1, -0.05) is 0 Å². The molecule has 6 nitrogen and oxygen atoms in total. The Morgan fingerprint density at radius 3 is 2.67 bits per heavy atom. The number of hydrogen-bond donors (Lipinski definition) is 2. The van der Waals surface area contributed by atoms with Crippen LogP contribution in [0.15, 0.2) is 12.1 Å². The van der Waals surface area contributed by atoms with Gasteiger partial charge in [0.2, 0.25) is 11.8 Å². The zero-order chi connectivity index (χ0) is 12.1. The lowest BCUT2D eigenvalue weighted by Gasteiger charge is -2.05. The summed E-state index contributed by atoms with van der Waals surface area (Å²) in [6.07, 6.45) is -0.649. The molecular weight excluding hydrogens is 202 g/mol. The molecule has 0 aliphatic heterocycles. The third-order valence-corrected chi connectivity index (χ3v) is 1.65. The second kappa shape index (κ2) is 5.04. The molecule has 0 fully saturated rings. The first-order chi connectivity index (χ1) is 7.50. The van der Waals surface area contributed by atoms with E-state index in [4.69, 9.17) is 11.6 Å². The summed E-state index contributed by atoms with van der Waals surface area (Å²) >= 11 is 0. The van der Waals surface area contributed by atoms with Crippen molar-refractivity contribution >= 4 is 12.2 Å². The summed E-state index contributed by atoms with van der Waals surface area (Å²) in [4.78, 5) is 26.0. The number of hydrogen-bond acceptors (Lipinski definition) is 5. The second-order valence-corrected chi connectivity index (χ2v) is 2.81. The molecule has 0 saturated carbocycles.